The standard InChI is InChI=1S/C14H21N3O4/c1-5-16(9-14(19)15(3)4)12-7-6-11(10(2)18)8-13(12)17(20)21/h6-8,10,18H,5,9H2,1-4H3/t10-/m0/s1. The van der Waals surface area contributed by atoms with E-state index < -0.39 is 11.0 Å². The highest BCUT2D eigenvalue weighted by atomic mass is 16.6. The second-order valence-electron chi connectivity index (χ2n) is 4.98. The van der Waals surface area contributed by atoms with Crippen LogP contribution in [-0.2, 0) is 4.79 Å². The highest BCUT2D eigenvalue weighted by Gasteiger charge is 2.22. The molecule has 0 aliphatic carbocycles. The van der Waals surface area contributed by atoms with Crippen molar-refractivity contribution in [2.75, 3.05) is 32.1 Å². The SMILES string of the molecule is CCN(CC(=O)N(C)C)c1ccc([C@H](C)O)cc1[N+](=O)[O-]. The predicted octanol–water partition coefficient (Wildman–Crippen LogP) is 1.56. The number of nitro benzene ring substituents is 1. The Morgan fingerprint density at radius 2 is 2.05 bits per heavy atom. The number of nitrogens with zero attached hydrogens (tertiary/aromatic N) is 3. The van der Waals surface area contributed by atoms with Gasteiger partial charge in [0.2, 0.25) is 5.91 Å². The fraction of sp³-hybridized carbons (Fsp3) is 0.500. The number of rotatable bonds is 6. The van der Waals surface area contributed by atoms with Crippen molar-refractivity contribution in [2.24, 2.45) is 0 Å². The molecule has 1 rings (SSSR count). The van der Waals surface area contributed by atoms with E-state index in [9.17, 15) is 20.0 Å². The molecule has 1 aromatic rings. The lowest BCUT2D eigenvalue weighted by Gasteiger charge is -2.24. The smallest absolute Gasteiger partial charge is 0.292 e. The average molecular weight is 295 g/mol. The molecular formula is C14H21N3O4. The molecule has 0 radical (unpaired) electrons. The van der Waals surface area contributed by atoms with Crippen LogP contribution in [0, 0.1) is 10.1 Å². The van der Waals surface area contributed by atoms with Crippen LogP contribution in [0.25, 0.3) is 0 Å². The van der Waals surface area contributed by atoms with Gasteiger partial charge in [-0.15, -0.1) is 0 Å². The molecule has 0 spiro atoms. The van der Waals surface area contributed by atoms with Crippen molar-refractivity contribution in [1.82, 2.24) is 4.90 Å². The Kier molecular flexibility index (Phi) is 5.66. The van der Waals surface area contributed by atoms with E-state index in [0.29, 0.717) is 17.8 Å². The summed E-state index contributed by atoms with van der Waals surface area (Å²) < 4.78 is 0. The van der Waals surface area contributed by atoms with Crippen LogP contribution in [0.5, 0.6) is 0 Å². The molecule has 0 aliphatic rings. The third kappa shape index (κ3) is 4.16. The molecule has 0 aliphatic heterocycles. The van der Waals surface area contributed by atoms with Crippen molar-refractivity contribution >= 4 is 17.3 Å². The van der Waals surface area contributed by atoms with Crippen molar-refractivity contribution in [3.05, 3.63) is 33.9 Å². The molecule has 1 aromatic carbocycles. The monoisotopic (exact) mass is 295 g/mol. The van der Waals surface area contributed by atoms with Gasteiger partial charge in [-0.3, -0.25) is 14.9 Å². The van der Waals surface area contributed by atoms with Crippen molar-refractivity contribution in [1.29, 1.82) is 0 Å². The number of amides is 1. The lowest BCUT2D eigenvalue weighted by molar-refractivity contribution is -0.384. The zero-order valence-electron chi connectivity index (χ0n) is 12.7. The van der Waals surface area contributed by atoms with E-state index in [1.807, 2.05) is 6.92 Å². The molecule has 0 unspecified atom stereocenters. The first-order chi connectivity index (χ1) is 9.77. The summed E-state index contributed by atoms with van der Waals surface area (Å²) in [5, 5.41) is 20.8. The number of hydrogen-bond acceptors (Lipinski definition) is 5. The molecule has 1 amide bonds. The molecule has 21 heavy (non-hydrogen) atoms. The molecule has 7 heteroatoms. The van der Waals surface area contributed by atoms with Gasteiger partial charge in [0.05, 0.1) is 17.6 Å². The van der Waals surface area contributed by atoms with Gasteiger partial charge in [0.1, 0.15) is 5.69 Å². The minimum Gasteiger partial charge on any atom is -0.389 e. The normalized spacial score (nSPS) is 11.9. The van der Waals surface area contributed by atoms with Gasteiger partial charge in [0.15, 0.2) is 0 Å². The lowest BCUT2D eigenvalue weighted by atomic mass is 10.1. The van der Waals surface area contributed by atoms with E-state index in [1.54, 1.807) is 38.1 Å². The molecule has 1 atom stereocenters. The summed E-state index contributed by atoms with van der Waals surface area (Å²) in [5.74, 6) is -0.134. The maximum Gasteiger partial charge on any atom is 0.292 e. The van der Waals surface area contributed by atoms with E-state index in [0.717, 1.165) is 0 Å². The van der Waals surface area contributed by atoms with Gasteiger partial charge in [0, 0.05) is 26.7 Å². The average Bonchev–Trinajstić information content (AvgIpc) is 2.43. The number of benzene rings is 1. The van der Waals surface area contributed by atoms with Crippen LogP contribution >= 0.6 is 0 Å². The quantitative estimate of drug-likeness (QED) is 0.635. The topological polar surface area (TPSA) is 86.9 Å². The summed E-state index contributed by atoms with van der Waals surface area (Å²) in [5.41, 5.74) is 0.740. The summed E-state index contributed by atoms with van der Waals surface area (Å²) >= 11 is 0. The van der Waals surface area contributed by atoms with Crippen LogP contribution in [0.4, 0.5) is 11.4 Å². The fourth-order valence-corrected chi connectivity index (χ4v) is 1.89. The Hall–Kier alpha value is -2.15. The summed E-state index contributed by atoms with van der Waals surface area (Å²) in [7, 11) is 3.28. The van der Waals surface area contributed by atoms with Crippen molar-refractivity contribution in [2.45, 2.75) is 20.0 Å². The van der Waals surface area contributed by atoms with Crippen LogP contribution in [0.15, 0.2) is 18.2 Å². The molecule has 0 aromatic heterocycles. The lowest BCUT2D eigenvalue weighted by Crippen LogP contribution is -2.36. The minimum absolute atomic E-state index is 0.0678. The zero-order valence-corrected chi connectivity index (χ0v) is 12.7. The zero-order chi connectivity index (χ0) is 16.2. The van der Waals surface area contributed by atoms with Gasteiger partial charge >= 0.3 is 0 Å². The van der Waals surface area contributed by atoms with E-state index in [2.05, 4.69) is 0 Å². The van der Waals surface area contributed by atoms with Crippen LogP contribution < -0.4 is 4.90 Å². The third-order valence-corrected chi connectivity index (χ3v) is 3.23. The number of anilines is 1. The Morgan fingerprint density at radius 3 is 2.48 bits per heavy atom. The van der Waals surface area contributed by atoms with E-state index in [-0.39, 0.29) is 18.1 Å². The van der Waals surface area contributed by atoms with Gasteiger partial charge in [-0.25, -0.2) is 0 Å². The maximum absolute atomic E-state index is 11.8. The molecule has 0 saturated heterocycles. The highest BCUT2D eigenvalue weighted by Crippen LogP contribution is 2.31. The van der Waals surface area contributed by atoms with Crippen molar-refractivity contribution in [3.8, 4) is 0 Å². The van der Waals surface area contributed by atoms with Crippen LogP contribution in [0.3, 0.4) is 0 Å². The Labute approximate surface area is 123 Å². The first-order valence-electron chi connectivity index (χ1n) is 6.69. The molecule has 0 heterocycles. The van der Waals surface area contributed by atoms with E-state index >= 15 is 0 Å². The van der Waals surface area contributed by atoms with Gasteiger partial charge in [-0.05, 0) is 25.5 Å². The predicted molar refractivity (Wildman–Crippen MR) is 80.3 cm³/mol. The van der Waals surface area contributed by atoms with Gasteiger partial charge < -0.3 is 14.9 Å². The number of carbonyl (C=O) groups is 1. The molecule has 0 fully saturated rings. The number of aliphatic hydroxyl groups excluding tert-OH is 1. The number of carbonyl (C=O) groups excluding carboxylic acids is 1. The Balaban J connectivity index is 3.19. The maximum atomic E-state index is 11.8. The van der Waals surface area contributed by atoms with Crippen LogP contribution in [0.2, 0.25) is 0 Å². The first-order valence-corrected chi connectivity index (χ1v) is 6.69. The molecule has 0 bridgehead atoms. The second kappa shape index (κ2) is 7.03. The summed E-state index contributed by atoms with van der Waals surface area (Å²) in [6, 6.07) is 4.56. The summed E-state index contributed by atoms with van der Waals surface area (Å²) in [6.45, 7) is 3.91. The highest BCUT2D eigenvalue weighted by molar-refractivity contribution is 5.82. The van der Waals surface area contributed by atoms with Crippen molar-refractivity contribution in [3.63, 3.8) is 0 Å². The van der Waals surface area contributed by atoms with Gasteiger partial charge in [-0.1, -0.05) is 6.07 Å². The Bertz CT molecular complexity index is 529. The van der Waals surface area contributed by atoms with E-state index in [1.165, 1.54) is 11.0 Å². The molecular weight excluding hydrogens is 274 g/mol. The van der Waals surface area contributed by atoms with Gasteiger partial charge in [-0.2, -0.15) is 0 Å². The van der Waals surface area contributed by atoms with Crippen molar-refractivity contribution < 1.29 is 14.8 Å². The van der Waals surface area contributed by atoms with Crippen LogP contribution in [-0.4, -0.2) is 48.0 Å². The minimum atomic E-state index is -0.781. The fourth-order valence-electron chi connectivity index (χ4n) is 1.89. The van der Waals surface area contributed by atoms with Gasteiger partial charge in [0.25, 0.3) is 5.69 Å². The summed E-state index contributed by atoms with van der Waals surface area (Å²) in [6.07, 6.45) is -0.781. The number of hydrogen-bond donors (Lipinski definition) is 1. The third-order valence-electron chi connectivity index (χ3n) is 3.23. The molecule has 7 nitrogen and oxygen atoms in total. The second-order valence-corrected chi connectivity index (χ2v) is 4.98. The molecule has 1 N–H and O–H groups in total. The molecule has 0 saturated carbocycles. The largest absolute Gasteiger partial charge is 0.389 e. The number of aliphatic hydroxyl groups is 1. The van der Waals surface area contributed by atoms with Crippen LogP contribution in [0.1, 0.15) is 25.5 Å². The first kappa shape index (κ1) is 16.9. The summed E-state index contributed by atoms with van der Waals surface area (Å²) in [4.78, 5) is 25.6. The molecule has 116 valence electrons. The number of likely N-dealkylation sites (N-methyl/N-ethyl adjacent to an activating group) is 2. The Morgan fingerprint density at radius 1 is 1.43 bits per heavy atom. The van der Waals surface area contributed by atoms with E-state index in [4.69, 9.17) is 0 Å². The number of nitro groups is 1.